The van der Waals surface area contributed by atoms with Gasteiger partial charge in [-0.3, -0.25) is 28.8 Å². The fraction of sp³-hybridized carbons (Fsp3) is 0.556. The lowest BCUT2D eigenvalue weighted by atomic mass is 10.4. The molecule has 2 rings (SSSR count). The average Bonchev–Trinajstić information content (AvgIpc) is 3.23. The number of esters is 2. The molecule has 0 N–H and O–H groups in total. The lowest BCUT2D eigenvalue weighted by Gasteiger charge is -2.12. The molecule has 0 bridgehead atoms. The van der Waals surface area contributed by atoms with Crippen LogP contribution in [0.25, 0.3) is 0 Å². The number of imide groups is 2. The normalized spacial score (nSPS) is 15.6. The molecule has 2 aliphatic rings. The molecule has 0 aromatic carbocycles. The third-order valence-electron chi connectivity index (χ3n) is 3.96. The van der Waals surface area contributed by atoms with Crippen LogP contribution in [0.3, 0.4) is 0 Å². The topological polar surface area (TPSA) is 189 Å². The van der Waals surface area contributed by atoms with Crippen molar-refractivity contribution in [1.82, 2.24) is 10.1 Å². The summed E-state index contributed by atoms with van der Waals surface area (Å²) >= 11 is 0. The van der Waals surface area contributed by atoms with Crippen molar-refractivity contribution < 1.29 is 62.2 Å². The summed E-state index contributed by atoms with van der Waals surface area (Å²) in [4.78, 5) is 100. The Bertz CT molecular complexity index is 752. The van der Waals surface area contributed by atoms with E-state index in [0.29, 0.717) is 10.1 Å². The van der Waals surface area contributed by atoms with Gasteiger partial charge in [-0.1, -0.05) is 0 Å². The smallest absolute Gasteiger partial charge is 0.344 e. The zero-order chi connectivity index (χ0) is 24.4. The van der Waals surface area contributed by atoms with E-state index < -0.39 is 60.3 Å². The third-order valence-corrected chi connectivity index (χ3v) is 3.96. The second-order valence-corrected chi connectivity index (χ2v) is 6.50. The molecule has 0 aromatic rings. The van der Waals surface area contributed by atoms with Gasteiger partial charge in [0.15, 0.2) is 0 Å². The third kappa shape index (κ3) is 8.29. The molecule has 2 fully saturated rings. The second kappa shape index (κ2) is 12.2. The first-order valence-electron chi connectivity index (χ1n) is 9.69. The predicted octanol–water partition coefficient (Wildman–Crippen LogP) is -1.92. The van der Waals surface area contributed by atoms with Gasteiger partial charge in [0.2, 0.25) is 0 Å². The quantitative estimate of drug-likeness (QED) is 0.132. The molecular weight excluding hydrogens is 452 g/mol. The summed E-state index contributed by atoms with van der Waals surface area (Å²) in [6.07, 6.45) is -1.94. The molecule has 0 spiro atoms. The van der Waals surface area contributed by atoms with Crippen LogP contribution in [0.4, 0.5) is 0 Å². The van der Waals surface area contributed by atoms with E-state index in [-0.39, 0.29) is 52.1 Å². The predicted molar refractivity (Wildman–Crippen MR) is 96.3 cm³/mol. The van der Waals surface area contributed by atoms with Gasteiger partial charge in [-0.25, -0.2) is 9.59 Å². The number of carbonyl (C=O) groups is 8. The standard InChI is InChI=1S/C18H20N2O13/c21-11-1-2-12(22)19(11)32-17(27)9-15(25)30-7-5-29-6-8-31-16(26)10-18(28)33-20-13(23)3-4-14(20)24/h1-10H2. The largest absolute Gasteiger partial charge is 0.463 e. The molecule has 15 nitrogen and oxygen atoms in total. The number of hydroxylamine groups is 4. The van der Waals surface area contributed by atoms with Gasteiger partial charge in [0.05, 0.1) is 13.2 Å². The first-order valence-corrected chi connectivity index (χ1v) is 9.69. The Morgan fingerprint density at radius 1 is 0.545 bits per heavy atom. The van der Waals surface area contributed by atoms with E-state index in [2.05, 4.69) is 9.68 Å². The Morgan fingerprint density at radius 3 is 1.21 bits per heavy atom. The van der Waals surface area contributed by atoms with E-state index in [9.17, 15) is 38.4 Å². The summed E-state index contributed by atoms with van der Waals surface area (Å²) in [6, 6.07) is 0. The minimum Gasteiger partial charge on any atom is -0.463 e. The lowest BCUT2D eigenvalue weighted by Crippen LogP contribution is -2.33. The minimum absolute atomic E-state index is 0.0755. The van der Waals surface area contributed by atoms with Gasteiger partial charge >= 0.3 is 23.9 Å². The fourth-order valence-electron chi connectivity index (χ4n) is 2.45. The molecule has 180 valence electrons. The Labute approximate surface area is 185 Å². The summed E-state index contributed by atoms with van der Waals surface area (Å²) in [7, 11) is 0. The molecule has 0 saturated carbocycles. The number of rotatable bonds is 12. The highest BCUT2D eigenvalue weighted by Crippen LogP contribution is 2.13. The van der Waals surface area contributed by atoms with Gasteiger partial charge in [-0.05, 0) is 0 Å². The van der Waals surface area contributed by atoms with Crippen LogP contribution in [-0.2, 0) is 62.2 Å². The fourth-order valence-corrected chi connectivity index (χ4v) is 2.45. The van der Waals surface area contributed by atoms with Crippen molar-refractivity contribution in [3.63, 3.8) is 0 Å². The Kier molecular flexibility index (Phi) is 9.41. The van der Waals surface area contributed by atoms with Crippen LogP contribution in [-0.4, -0.2) is 84.1 Å². The van der Waals surface area contributed by atoms with E-state index in [1.807, 2.05) is 0 Å². The molecule has 0 atom stereocenters. The zero-order valence-corrected chi connectivity index (χ0v) is 17.3. The molecule has 2 saturated heterocycles. The monoisotopic (exact) mass is 472 g/mol. The average molecular weight is 472 g/mol. The van der Waals surface area contributed by atoms with Crippen molar-refractivity contribution in [2.75, 3.05) is 26.4 Å². The molecule has 2 aliphatic heterocycles. The maximum atomic E-state index is 11.5. The molecule has 2 heterocycles. The number of nitrogens with zero attached hydrogens (tertiary/aromatic N) is 2. The number of carbonyl (C=O) groups excluding carboxylic acids is 8. The van der Waals surface area contributed by atoms with E-state index in [0.717, 1.165) is 0 Å². The summed E-state index contributed by atoms with van der Waals surface area (Å²) in [5, 5.41) is 0.621. The first kappa shape index (κ1) is 25.4. The van der Waals surface area contributed by atoms with Gasteiger partial charge < -0.3 is 23.9 Å². The molecule has 0 aromatic heterocycles. The molecule has 4 amide bonds. The van der Waals surface area contributed by atoms with Gasteiger partial charge in [0.25, 0.3) is 23.6 Å². The number of amides is 4. The van der Waals surface area contributed by atoms with Crippen LogP contribution in [0.5, 0.6) is 0 Å². The number of ether oxygens (including phenoxy) is 3. The summed E-state index contributed by atoms with van der Waals surface area (Å²) in [5.74, 6) is -6.91. The van der Waals surface area contributed by atoms with Gasteiger partial charge in [-0.2, -0.15) is 0 Å². The highest BCUT2D eigenvalue weighted by Gasteiger charge is 2.34. The van der Waals surface area contributed by atoms with Crippen LogP contribution in [0, 0.1) is 0 Å². The van der Waals surface area contributed by atoms with Crippen LogP contribution in [0.1, 0.15) is 38.5 Å². The van der Waals surface area contributed by atoms with Crippen LogP contribution in [0.2, 0.25) is 0 Å². The zero-order valence-electron chi connectivity index (χ0n) is 17.3. The maximum absolute atomic E-state index is 11.5. The highest BCUT2D eigenvalue weighted by molar-refractivity contribution is 6.03. The Hall–Kier alpha value is -3.88. The summed E-state index contributed by atoms with van der Waals surface area (Å²) < 4.78 is 14.5. The van der Waals surface area contributed by atoms with Crippen molar-refractivity contribution in [3.8, 4) is 0 Å². The molecule has 15 heteroatoms. The molecule has 33 heavy (non-hydrogen) atoms. The second-order valence-electron chi connectivity index (χ2n) is 6.50. The van der Waals surface area contributed by atoms with E-state index in [1.54, 1.807) is 0 Å². The molecule has 0 aliphatic carbocycles. The van der Waals surface area contributed by atoms with Gasteiger partial charge in [0, 0.05) is 25.7 Å². The van der Waals surface area contributed by atoms with Crippen molar-refractivity contribution >= 4 is 47.5 Å². The minimum atomic E-state index is -1.13. The van der Waals surface area contributed by atoms with Crippen molar-refractivity contribution in [1.29, 1.82) is 0 Å². The lowest BCUT2D eigenvalue weighted by molar-refractivity contribution is -0.198. The van der Waals surface area contributed by atoms with Crippen molar-refractivity contribution in [3.05, 3.63) is 0 Å². The van der Waals surface area contributed by atoms with Gasteiger partial charge in [0.1, 0.15) is 26.1 Å². The molecular formula is C18H20N2O13. The number of hydrogen-bond acceptors (Lipinski definition) is 13. The first-order chi connectivity index (χ1) is 15.7. The number of hydrogen-bond donors (Lipinski definition) is 0. The van der Waals surface area contributed by atoms with E-state index >= 15 is 0 Å². The Balaban J connectivity index is 1.48. The van der Waals surface area contributed by atoms with Crippen LogP contribution >= 0.6 is 0 Å². The molecule has 0 unspecified atom stereocenters. The van der Waals surface area contributed by atoms with Crippen molar-refractivity contribution in [2.24, 2.45) is 0 Å². The SMILES string of the molecule is O=C(CC(=O)ON1C(=O)CCC1=O)OCCOCCOC(=O)CC(=O)ON1C(=O)CCC1=O. The summed E-state index contributed by atoms with van der Waals surface area (Å²) in [5.41, 5.74) is 0. The highest BCUT2D eigenvalue weighted by atomic mass is 16.7. The van der Waals surface area contributed by atoms with Crippen LogP contribution in [0.15, 0.2) is 0 Å². The maximum Gasteiger partial charge on any atom is 0.344 e. The van der Waals surface area contributed by atoms with E-state index in [1.165, 1.54) is 0 Å². The summed E-state index contributed by atoms with van der Waals surface area (Å²) in [6.45, 7) is -0.705. The van der Waals surface area contributed by atoms with Crippen LogP contribution < -0.4 is 0 Å². The Morgan fingerprint density at radius 2 is 0.879 bits per heavy atom. The van der Waals surface area contributed by atoms with Gasteiger partial charge in [-0.15, -0.1) is 10.1 Å². The molecule has 0 radical (unpaired) electrons. The van der Waals surface area contributed by atoms with Crippen molar-refractivity contribution in [2.45, 2.75) is 38.5 Å². The van der Waals surface area contributed by atoms with E-state index in [4.69, 9.17) is 14.2 Å².